The minimum atomic E-state index is -0.318. The van der Waals surface area contributed by atoms with Crippen LogP contribution in [0.5, 0.6) is 5.75 Å². The Kier molecular flexibility index (Phi) is 6.19. The average Bonchev–Trinajstić information content (AvgIpc) is 2.51. The van der Waals surface area contributed by atoms with E-state index in [4.69, 9.17) is 10.5 Å². The first-order valence-corrected chi connectivity index (χ1v) is 8.01. The molecule has 1 amide bonds. The van der Waals surface area contributed by atoms with Crippen molar-refractivity contribution in [3.8, 4) is 5.75 Å². The summed E-state index contributed by atoms with van der Waals surface area (Å²) in [6, 6.07) is 6.20. The molecule has 1 saturated heterocycles. The molecule has 122 valence electrons. The highest BCUT2D eigenvalue weighted by Crippen LogP contribution is 2.20. The van der Waals surface area contributed by atoms with Gasteiger partial charge in [0.2, 0.25) is 5.91 Å². The number of nitrogens with zero attached hydrogens (tertiary/aromatic N) is 1. The van der Waals surface area contributed by atoms with Gasteiger partial charge in [0.25, 0.3) is 0 Å². The lowest BCUT2D eigenvalue weighted by Crippen LogP contribution is -2.51. The third kappa shape index (κ3) is 4.70. The van der Waals surface area contributed by atoms with Crippen molar-refractivity contribution in [2.24, 2.45) is 5.73 Å². The van der Waals surface area contributed by atoms with Crippen LogP contribution in [-0.4, -0.2) is 36.0 Å². The van der Waals surface area contributed by atoms with Gasteiger partial charge in [0.1, 0.15) is 11.6 Å². The van der Waals surface area contributed by atoms with Gasteiger partial charge in [-0.15, -0.1) is 0 Å². The Bertz CT molecular complexity index is 493. The molecule has 0 spiro atoms. The molecule has 0 radical (unpaired) electrons. The molecule has 22 heavy (non-hydrogen) atoms. The normalized spacial score (nSPS) is 19.8. The highest BCUT2D eigenvalue weighted by atomic mass is 19.1. The van der Waals surface area contributed by atoms with Crippen LogP contribution >= 0.6 is 0 Å². The summed E-state index contributed by atoms with van der Waals surface area (Å²) in [5.41, 5.74) is 5.99. The molecule has 0 aliphatic carbocycles. The number of hydrogen-bond donors (Lipinski definition) is 1. The largest absolute Gasteiger partial charge is 0.493 e. The fourth-order valence-corrected chi connectivity index (χ4v) is 2.93. The van der Waals surface area contributed by atoms with Crippen molar-refractivity contribution < 1.29 is 13.9 Å². The zero-order chi connectivity index (χ0) is 15.9. The minimum Gasteiger partial charge on any atom is -0.493 e. The third-order valence-electron chi connectivity index (χ3n) is 4.08. The number of nitrogens with two attached hydrogens (primary N) is 1. The minimum absolute atomic E-state index is 0.00722. The first-order valence-electron chi connectivity index (χ1n) is 8.01. The molecule has 2 N–H and O–H groups in total. The lowest BCUT2D eigenvalue weighted by Gasteiger charge is -2.38. The molecule has 2 unspecified atom stereocenters. The summed E-state index contributed by atoms with van der Waals surface area (Å²) < 4.78 is 18.5. The molecule has 1 aromatic rings. The van der Waals surface area contributed by atoms with E-state index in [2.05, 4.69) is 0 Å². The Morgan fingerprint density at radius 1 is 1.50 bits per heavy atom. The fourth-order valence-electron chi connectivity index (χ4n) is 2.93. The predicted octanol–water partition coefficient (Wildman–Crippen LogP) is 2.71. The van der Waals surface area contributed by atoms with Crippen LogP contribution in [0.25, 0.3) is 0 Å². The summed E-state index contributed by atoms with van der Waals surface area (Å²) in [5, 5.41) is 0. The van der Waals surface area contributed by atoms with E-state index < -0.39 is 0 Å². The summed E-state index contributed by atoms with van der Waals surface area (Å²) >= 11 is 0. The van der Waals surface area contributed by atoms with Gasteiger partial charge in [0.15, 0.2) is 0 Å². The Balaban J connectivity index is 1.75. The molecular formula is C17H25FN2O2. The summed E-state index contributed by atoms with van der Waals surface area (Å²) in [7, 11) is 0. The van der Waals surface area contributed by atoms with Gasteiger partial charge in [0.05, 0.1) is 6.61 Å². The molecule has 1 aromatic carbocycles. The fraction of sp³-hybridized carbons (Fsp3) is 0.588. The number of ether oxygens (including phenoxy) is 1. The molecule has 2 rings (SSSR count). The monoisotopic (exact) mass is 308 g/mol. The summed E-state index contributed by atoms with van der Waals surface area (Å²) in [5.74, 6) is 0.324. The Hall–Kier alpha value is -1.62. The van der Waals surface area contributed by atoms with E-state index in [0.29, 0.717) is 25.2 Å². The van der Waals surface area contributed by atoms with Crippen molar-refractivity contribution in [3.05, 3.63) is 30.1 Å². The maximum absolute atomic E-state index is 13.0. The Morgan fingerprint density at radius 3 is 3.05 bits per heavy atom. The molecule has 0 bridgehead atoms. The van der Waals surface area contributed by atoms with Crippen LogP contribution in [0.15, 0.2) is 24.3 Å². The second-order valence-corrected chi connectivity index (χ2v) is 5.92. The summed E-state index contributed by atoms with van der Waals surface area (Å²) in [4.78, 5) is 14.3. The lowest BCUT2D eigenvalue weighted by molar-refractivity contribution is -0.135. The summed E-state index contributed by atoms with van der Waals surface area (Å²) in [6.07, 6.45) is 4.24. The Morgan fingerprint density at radius 2 is 2.32 bits per heavy atom. The summed E-state index contributed by atoms with van der Waals surface area (Å²) in [6.45, 7) is 3.17. The number of carbonyl (C=O) groups excluding carboxylic acids is 1. The number of halogens is 1. The van der Waals surface area contributed by atoms with Gasteiger partial charge in [-0.3, -0.25) is 4.79 Å². The number of likely N-dealkylation sites (tertiary alicyclic amines) is 1. The predicted molar refractivity (Wildman–Crippen MR) is 84.1 cm³/mol. The number of benzene rings is 1. The van der Waals surface area contributed by atoms with Crippen molar-refractivity contribution in [3.63, 3.8) is 0 Å². The van der Waals surface area contributed by atoms with Crippen molar-refractivity contribution >= 4 is 5.91 Å². The number of carbonyl (C=O) groups is 1. The Labute approximate surface area is 131 Å². The molecule has 1 aliphatic heterocycles. The quantitative estimate of drug-likeness (QED) is 0.822. The van der Waals surface area contributed by atoms with E-state index in [1.165, 1.54) is 12.1 Å². The zero-order valence-electron chi connectivity index (χ0n) is 13.1. The van der Waals surface area contributed by atoms with E-state index in [-0.39, 0.29) is 23.8 Å². The molecule has 1 heterocycles. The molecular weight excluding hydrogens is 283 g/mol. The molecule has 2 atom stereocenters. The first-order chi connectivity index (χ1) is 10.6. The van der Waals surface area contributed by atoms with Crippen LogP contribution in [0.3, 0.4) is 0 Å². The smallest absolute Gasteiger partial charge is 0.222 e. The third-order valence-corrected chi connectivity index (χ3v) is 4.08. The second kappa shape index (κ2) is 8.13. The van der Waals surface area contributed by atoms with E-state index in [1.807, 2.05) is 11.8 Å². The first kappa shape index (κ1) is 16.7. The number of hydrogen-bond acceptors (Lipinski definition) is 3. The van der Waals surface area contributed by atoms with Gasteiger partial charge in [0, 0.05) is 31.1 Å². The molecule has 1 fully saturated rings. The maximum Gasteiger partial charge on any atom is 0.222 e. The molecule has 5 heteroatoms. The van der Waals surface area contributed by atoms with Crippen LogP contribution in [0, 0.1) is 5.82 Å². The lowest BCUT2D eigenvalue weighted by atomic mass is 9.96. The average molecular weight is 308 g/mol. The molecule has 4 nitrogen and oxygen atoms in total. The molecule has 1 aliphatic rings. The zero-order valence-corrected chi connectivity index (χ0v) is 13.1. The molecule has 0 aromatic heterocycles. The van der Waals surface area contributed by atoms with Crippen LogP contribution in [0.1, 0.15) is 39.0 Å². The molecule has 0 saturated carbocycles. The van der Waals surface area contributed by atoms with E-state index in [9.17, 15) is 9.18 Å². The van der Waals surface area contributed by atoms with E-state index in [1.54, 1.807) is 12.1 Å². The van der Waals surface area contributed by atoms with E-state index >= 15 is 0 Å². The highest BCUT2D eigenvalue weighted by Gasteiger charge is 2.28. The van der Waals surface area contributed by atoms with Crippen molar-refractivity contribution in [1.29, 1.82) is 0 Å². The highest BCUT2D eigenvalue weighted by molar-refractivity contribution is 5.76. The van der Waals surface area contributed by atoms with Crippen molar-refractivity contribution in [1.82, 2.24) is 4.90 Å². The van der Waals surface area contributed by atoms with E-state index in [0.717, 1.165) is 25.8 Å². The van der Waals surface area contributed by atoms with Crippen LogP contribution in [0.4, 0.5) is 4.39 Å². The van der Waals surface area contributed by atoms with Crippen molar-refractivity contribution in [2.45, 2.75) is 51.1 Å². The van der Waals surface area contributed by atoms with Crippen LogP contribution in [0.2, 0.25) is 0 Å². The topological polar surface area (TPSA) is 55.6 Å². The number of amides is 1. The van der Waals surface area contributed by atoms with Gasteiger partial charge in [-0.25, -0.2) is 4.39 Å². The van der Waals surface area contributed by atoms with Gasteiger partial charge in [-0.1, -0.05) is 6.07 Å². The van der Waals surface area contributed by atoms with Crippen LogP contribution in [-0.2, 0) is 4.79 Å². The second-order valence-electron chi connectivity index (χ2n) is 5.92. The number of piperidine rings is 1. The number of rotatable bonds is 6. The maximum atomic E-state index is 13.0. The van der Waals surface area contributed by atoms with Crippen LogP contribution < -0.4 is 10.5 Å². The SMILES string of the molecule is CC(N)C1CCCCN1C(=O)CCCOc1cccc(F)c1. The van der Waals surface area contributed by atoms with Gasteiger partial charge < -0.3 is 15.4 Å². The van der Waals surface area contributed by atoms with Gasteiger partial charge in [-0.05, 0) is 44.7 Å². The van der Waals surface area contributed by atoms with Gasteiger partial charge in [-0.2, -0.15) is 0 Å². The standard InChI is InChI=1S/C17H25FN2O2/c1-13(19)16-8-2-3-10-20(16)17(21)9-5-11-22-15-7-4-6-14(18)12-15/h4,6-7,12-13,16H,2-3,5,8-11,19H2,1H3. The van der Waals surface area contributed by atoms with Gasteiger partial charge >= 0.3 is 0 Å². The van der Waals surface area contributed by atoms with Crippen molar-refractivity contribution in [2.75, 3.05) is 13.2 Å².